The summed E-state index contributed by atoms with van der Waals surface area (Å²) in [5.74, 6) is -1.17. The van der Waals surface area contributed by atoms with E-state index in [9.17, 15) is 20.0 Å². The molecule has 7 nitrogen and oxygen atoms in total. The molecule has 0 saturated carbocycles. The molecule has 1 aromatic rings. The van der Waals surface area contributed by atoms with Crippen LogP contribution in [0.5, 0.6) is 0 Å². The van der Waals surface area contributed by atoms with Crippen LogP contribution >= 0.6 is 0 Å². The van der Waals surface area contributed by atoms with Crippen LogP contribution in [0.15, 0.2) is 12.1 Å². The molecule has 0 atom stereocenters. The molecule has 0 aliphatic heterocycles. The fourth-order valence-corrected chi connectivity index (χ4v) is 1.93. The van der Waals surface area contributed by atoms with Crippen LogP contribution in [0, 0.1) is 10.1 Å². The number of aromatic carboxylic acids is 1. The highest BCUT2D eigenvalue weighted by atomic mass is 16.6. The predicted octanol–water partition coefficient (Wildman–Crippen LogP) is 2.18. The zero-order valence-electron chi connectivity index (χ0n) is 11.1. The summed E-state index contributed by atoms with van der Waals surface area (Å²) in [5.41, 5.74) is 0.481. The molecule has 0 saturated heterocycles. The summed E-state index contributed by atoms with van der Waals surface area (Å²) in [6, 6.07) is 2.61. The van der Waals surface area contributed by atoms with E-state index in [1.165, 1.54) is 6.07 Å². The Morgan fingerprint density at radius 2 is 2.00 bits per heavy atom. The van der Waals surface area contributed by atoms with Crippen molar-refractivity contribution in [2.24, 2.45) is 0 Å². The molecule has 0 amide bonds. The summed E-state index contributed by atoms with van der Waals surface area (Å²) in [6.45, 7) is 5.04. The van der Waals surface area contributed by atoms with Gasteiger partial charge in [-0.3, -0.25) is 10.1 Å². The first-order valence-electron chi connectivity index (χ1n) is 5.94. The minimum absolute atomic E-state index is 0.0607. The Hall–Kier alpha value is -2.31. The molecule has 0 aliphatic carbocycles. The highest BCUT2D eigenvalue weighted by molar-refractivity contribution is 5.97. The van der Waals surface area contributed by atoms with Crippen molar-refractivity contribution in [3.63, 3.8) is 0 Å². The Labute approximate surface area is 111 Å². The quantitative estimate of drug-likeness (QED) is 0.605. The fourth-order valence-electron chi connectivity index (χ4n) is 1.93. The summed E-state index contributed by atoms with van der Waals surface area (Å²) in [4.78, 5) is 23.4. The van der Waals surface area contributed by atoms with Gasteiger partial charge in [-0.05, 0) is 19.9 Å². The Kier molecular flexibility index (Phi) is 4.68. The predicted molar refractivity (Wildman–Crippen MR) is 73.2 cm³/mol. The summed E-state index contributed by atoms with van der Waals surface area (Å²) < 4.78 is 0. The van der Waals surface area contributed by atoms with E-state index in [0.717, 1.165) is 6.07 Å². The van der Waals surface area contributed by atoms with Crippen molar-refractivity contribution < 1.29 is 14.8 Å². The number of nitro benzene ring substituents is 1. The van der Waals surface area contributed by atoms with Crippen molar-refractivity contribution in [1.82, 2.24) is 0 Å². The molecule has 0 heterocycles. The van der Waals surface area contributed by atoms with Crippen LogP contribution < -0.4 is 10.2 Å². The second-order valence-electron chi connectivity index (χ2n) is 3.87. The Bertz CT molecular complexity index is 498. The van der Waals surface area contributed by atoms with E-state index in [4.69, 9.17) is 0 Å². The number of nitro groups is 1. The third kappa shape index (κ3) is 2.93. The molecule has 0 aromatic heterocycles. The highest BCUT2D eigenvalue weighted by Crippen LogP contribution is 2.33. The summed E-state index contributed by atoms with van der Waals surface area (Å²) in [6.07, 6.45) is 0. The van der Waals surface area contributed by atoms with Crippen LogP contribution in [-0.2, 0) is 0 Å². The SMILES string of the molecule is CCN(CC)c1cc(NC)c([N+](=O)[O-])cc1C(=O)O. The Balaban J connectivity index is 3.53. The van der Waals surface area contributed by atoms with Crippen molar-refractivity contribution in [3.05, 3.63) is 27.8 Å². The first-order valence-corrected chi connectivity index (χ1v) is 5.94. The van der Waals surface area contributed by atoms with Gasteiger partial charge < -0.3 is 15.3 Å². The molecule has 0 bridgehead atoms. The van der Waals surface area contributed by atoms with Gasteiger partial charge in [-0.1, -0.05) is 0 Å². The van der Waals surface area contributed by atoms with E-state index in [-0.39, 0.29) is 11.3 Å². The summed E-state index contributed by atoms with van der Waals surface area (Å²) in [7, 11) is 1.56. The van der Waals surface area contributed by atoms with Crippen LogP contribution in [0.2, 0.25) is 0 Å². The number of hydrogen-bond acceptors (Lipinski definition) is 5. The number of rotatable bonds is 6. The molecule has 0 spiro atoms. The molecule has 2 N–H and O–H groups in total. The average molecular weight is 267 g/mol. The Morgan fingerprint density at radius 1 is 1.42 bits per heavy atom. The zero-order chi connectivity index (χ0) is 14.6. The van der Waals surface area contributed by atoms with Crippen LogP contribution in [0.1, 0.15) is 24.2 Å². The molecule has 0 fully saturated rings. The van der Waals surface area contributed by atoms with E-state index < -0.39 is 10.9 Å². The minimum atomic E-state index is -1.17. The van der Waals surface area contributed by atoms with Gasteiger partial charge in [-0.25, -0.2) is 4.79 Å². The molecule has 104 valence electrons. The minimum Gasteiger partial charge on any atom is -0.478 e. The highest BCUT2D eigenvalue weighted by Gasteiger charge is 2.23. The molecule has 0 radical (unpaired) electrons. The standard InChI is InChI=1S/C12H17N3O4/c1-4-14(5-2)10-7-9(13-3)11(15(18)19)6-8(10)12(16)17/h6-7,13H,4-5H2,1-3H3,(H,16,17). The number of carboxylic acid groups (broad SMARTS) is 1. The van der Waals surface area contributed by atoms with Crippen molar-refractivity contribution in [3.8, 4) is 0 Å². The van der Waals surface area contributed by atoms with E-state index in [1.807, 2.05) is 18.7 Å². The van der Waals surface area contributed by atoms with Crippen molar-refractivity contribution >= 4 is 23.0 Å². The largest absolute Gasteiger partial charge is 0.478 e. The number of carboxylic acids is 1. The van der Waals surface area contributed by atoms with E-state index >= 15 is 0 Å². The normalized spacial score (nSPS) is 10.1. The van der Waals surface area contributed by atoms with Gasteiger partial charge in [0.05, 0.1) is 16.2 Å². The summed E-state index contributed by atoms with van der Waals surface area (Å²) in [5, 5.41) is 22.9. The van der Waals surface area contributed by atoms with Crippen LogP contribution in [0.25, 0.3) is 0 Å². The number of benzene rings is 1. The van der Waals surface area contributed by atoms with Crippen LogP contribution in [-0.4, -0.2) is 36.1 Å². The first kappa shape index (κ1) is 14.7. The van der Waals surface area contributed by atoms with E-state index in [1.54, 1.807) is 7.05 Å². The maximum Gasteiger partial charge on any atom is 0.338 e. The smallest absolute Gasteiger partial charge is 0.338 e. The zero-order valence-corrected chi connectivity index (χ0v) is 11.1. The second kappa shape index (κ2) is 6.03. The molecule has 0 unspecified atom stereocenters. The lowest BCUT2D eigenvalue weighted by Crippen LogP contribution is -2.24. The monoisotopic (exact) mass is 267 g/mol. The van der Waals surface area contributed by atoms with E-state index in [0.29, 0.717) is 24.5 Å². The van der Waals surface area contributed by atoms with Gasteiger partial charge in [-0.2, -0.15) is 0 Å². The molecular formula is C12H17N3O4. The number of nitrogens with zero attached hydrogens (tertiary/aromatic N) is 2. The van der Waals surface area contributed by atoms with Crippen LogP contribution in [0.4, 0.5) is 17.1 Å². The average Bonchev–Trinajstić information content (AvgIpc) is 2.38. The maximum atomic E-state index is 11.3. The molecule has 0 aliphatic rings. The number of nitrogens with one attached hydrogen (secondary N) is 1. The third-order valence-corrected chi connectivity index (χ3v) is 2.91. The molecule has 1 rings (SSSR count). The lowest BCUT2D eigenvalue weighted by atomic mass is 10.1. The van der Waals surface area contributed by atoms with Crippen LogP contribution in [0.3, 0.4) is 0 Å². The molecule has 19 heavy (non-hydrogen) atoms. The molecule has 1 aromatic carbocycles. The van der Waals surface area contributed by atoms with Gasteiger partial charge in [-0.15, -0.1) is 0 Å². The lowest BCUT2D eigenvalue weighted by Gasteiger charge is -2.23. The first-order chi connectivity index (χ1) is 8.96. The van der Waals surface area contributed by atoms with Gasteiger partial charge in [0.15, 0.2) is 0 Å². The molecular weight excluding hydrogens is 250 g/mol. The number of anilines is 2. The van der Waals surface area contributed by atoms with E-state index in [2.05, 4.69) is 5.32 Å². The van der Waals surface area contributed by atoms with Crippen molar-refractivity contribution in [2.75, 3.05) is 30.4 Å². The van der Waals surface area contributed by atoms with Crippen molar-refractivity contribution in [1.29, 1.82) is 0 Å². The second-order valence-corrected chi connectivity index (χ2v) is 3.87. The van der Waals surface area contributed by atoms with Gasteiger partial charge >= 0.3 is 5.97 Å². The Morgan fingerprint density at radius 3 is 2.37 bits per heavy atom. The number of hydrogen-bond donors (Lipinski definition) is 2. The van der Waals surface area contributed by atoms with Gasteiger partial charge in [0, 0.05) is 26.2 Å². The third-order valence-electron chi connectivity index (χ3n) is 2.91. The summed E-state index contributed by atoms with van der Waals surface area (Å²) >= 11 is 0. The van der Waals surface area contributed by atoms with Crippen molar-refractivity contribution in [2.45, 2.75) is 13.8 Å². The maximum absolute atomic E-state index is 11.3. The fraction of sp³-hybridized carbons (Fsp3) is 0.417. The van der Waals surface area contributed by atoms with Gasteiger partial charge in [0.2, 0.25) is 0 Å². The van der Waals surface area contributed by atoms with Gasteiger partial charge in [0.1, 0.15) is 5.69 Å². The topological polar surface area (TPSA) is 95.7 Å². The van der Waals surface area contributed by atoms with Gasteiger partial charge in [0.25, 0.3) is 5.69 Å². The number of carbonyl (C=O) groups is 1. The lowest BCUT2D eigenvalue weighted by molar-refractivity contribution is -0.384. The molecule has 7 heteroatoms.